The molecule has 0 aliphatic carbocycles. The lowest BCUT2D eigenvalue weighted by Crippen LogP contribution is -2.13. The average Bonchev–Trinajstić information content (AvgIpc) is 3.20. The van der Waals surface area contributed by atoms with Crippen molar-refractivity contribution in [2.24, 2.45) is 5.73 Å². The Bertz CT molecular complexity index is 993. The topological polar surface area (TPSA) is 79.4 Å². The van der Waals surface area contributed by atoms with Crippen LogP contribution in [0.15, 0.2) is 42.7 Å². The first kappa shape index (κ1) is 16.2. The number of carbonyl (C=O) groups is 1. The maximum Gasteiger partial charge on any atom is 0.251 e. The van der Waals surface area contributed by atoms with Crippen molar-refractivity contribution in [1.29, 1.82) is 0 Å². The van der Waals surface area contributed by atoms with Gasteiger partial charge in [0.25, 0.3) is 5.91 Å². The Balaban J connectivity index is 1.81. The molecule has 4 rings (SSSR count). The van der Waals surface area contributed by atoms with Crippen molar-refractivity contribution < 1.29 is 14.3 Å². The SMILES string of the molecule is Cc1c(C(N)=O)c(-c2cccnc2)c(C)n1Cc1ccc2c(c1)OCO2. The van der Waals surface area contributed by atoms with Crippen LogP contribution in [-0.4, -0.2) is 22.3 Å². The van der Waals surface area contributed by atoms with E-state index in [0.29, 0.717) is 12.1 Å². The second-order valence-electron chi connectivity index (χ2n) is 6.30. The van der Waals surface area contributed by atoms with Gasteiger partial charge < -0.3 is 19.8 Å². The molecule has 2 N–H and O–H groups in total. The second-order valence-corrected chi connectivity index (χ2v) is 6.30. The van der Waals surface area contributed by atoms with Crippen LogP contribution >= 0.6 is 0 Å². The van der Waals surface area contributed by atoms with Crippen molar-refractivity contribution in [3.63, 3.8) is 0 Å². The Morgan fingerprint density at radius 2 is 2.00 bits per heavy atom. The Morgan fingerprint density at radius 1 is 1.19 bits per heavy atom. The highest BCUT2D eigenvalue weighted by Crippen LogP contribution is 2.35. The summed E-state index contributed by atoms with van der Waals surface area (Å²) in [6, 6.07) is 9.66. The predicted octanol–water partition coefficient (Wildman–Crippen LogP) is 3.04. The highest BCUT2D eigenvalue weighted by atomic mass is 16.7. The number of ether oxygens (including phenoxy) is 2. The zero-order chi connectivity index (χ0) is 18.3. The molecule has 0 spiro atoms. The van der Waals surface area contributed by atoms with Crippen LogP contribution in [-0.2, 0) is 6.54 Å². The van der Waals surface area contributed by atoms with Gasteiger partial charge in [-0.25, -0.2) is 0 Å². The number of aromatic nitrogens is 2. The molecule has 6 heteroatoms. The molecule has 0 atom stereocenters. The van der Waals surface area contributed by atoms with E-state index in [1.807, 2.05) is 44.2 Å². The smallest absolute Gasteiger partial charge is 0.251 e. The number of amides is 1. The zero-order valence-electron chi connectivity index (χ0n) is 14.7. The first-order chi connectivity index (χ1) is 12.6. The number of carbonyl (C=O) groups excluding carboxylic acids is 1. The van der Waals surface area contributed by atoms with Gasteiger partial charge >= 0.3 is 0 Å². The van der Waals surface area contributed by atoms with Crippen LogP contribution in [0.3, 0.4) is 0 Å². The summed E-state index contributed by atoms with van der Waals surface area (Å²) >= 11 is 0. The molecule has 0 saturated carbocycles. The van der Waals surface area contributed by atoms with Crippen molar-refractivity contribution in [2.45, 2.75) is 20.4 Å². The molecule has 3 heterocycles. The van der Waals surface area contributed by atoms with E-state index in [1.54, 1.807) is 12.4 Å². The van der Waals surface area contributed by atoms with Gasteiger partial charge in [0.2, 0.25) is 6.79 Å². The highest BCUT2D eigenvalue weighted by Gasteiger charge is 2.23. The molecule has 1 aliphatic rings. The summed E-state index contributed by atoms with van der Waals surface area (Å²) in [4.78, 5) is 16.3. The van der Waals surface area contributed by atoms with E-state index < -0.39 is 5.91 Å². The number of nitrogens with two attached hydrogens (primary N) is 1. The molecule has 1 aliphatic heterocycles. The van der Waals surface area contributed by atoms with E-state index >= 15 is 0 Å². The quantitative estimate of drug-likeness (QED) is 0.785. The van der Waals surface area contributed by atoms with Crippen molar-refractivity contribution >= 4 is 5.91 Å². The second kappa shape index (κ2) is 6.22. The Morgan fingerprint density at radius 3 is 2.73 bits per heavy atom. The fourth-order valence-electron chi connectivity index (χ4n) is 3.51. The van der Waals surface area contributed by atoms with Gasteiger partial charge in [-0.2, -0.15) is 0 Å². The molecule has 3 aromatic rings. The van der Waals surface area contributed by atoms with E-state index in [4.69, 9.17) is 15.2 Å². The first-order valence-electron chi connectivity index (χ1n) is 8.34. The van der Waals surface area contributed by atoms with Crippen LogP contribution in [0, 0.1) is 13.8 Å². The average molecular weight is 349 g/mol. The third kappa shape index (κ3) is 2.60. The minimum absolute atomic E-state index is 0.247. The maximum atomic E-state index is 12.1. The van der Waals surface area contributed by atoms with Crippen molar-refractivity contribution in [3.8, 4) is 22.6 Å². The van der Waals surface area contributed by atoms with Crippen molar-refractivity contribution in [3.05, 3.63) is 65.2 Å². The molecule has 6 nitrogen and oxygen atoms in total. The van der Waals surface area contributed by atoms with E-state index in [0.717, 1.165) is 39.6 Å². The number of hydrogen-bond donors (Lipinski definition) is 1. The molecular formula is C20H19N3O3. The standard InChI is InChI=1S/C20H19N3O3/c1-12-18(15-4-3-7-22-9-15)19(20(21)24)13(2)23(12)10-14-5-6-16-17(8-14)26-11-25-16/h3-9H,10-11H2,1-2H3,(H2,21,24). The van der Waals surface area contributed by atoms with Gasteiger partial charge in [0.1, 0.15) is 0 Å². The monoisotopic (exact) mass is 349 g/mol. The van der Waals surface area contributed by atoms with Crippen LogP contribution in [0.4, 0.5) is 0 Å². The highest BCUT2D eigenvalue weighted by molar-refractivity contribution is 6.02. The molecule has 26 heavy (non-hydrogen) atoms. The van der Waals surface area contributed by atoms with Crippen molar-refractivity contribution in [1.82, 2.24) is 9.55 Å². The zero-order valence-corrected chi connectivity index (χ0v) is 14.7. The number of hydrogen-bond acceptors (Lipinski definition) is 4. The lowest BCUT2D eigenvalue weighted by Gasteiger charge is -2.11. The molecule has 0 fully saturated rings. The van der Waals surface area contributed by atoms with E-state index in [2.05, 4.69) is 9.55 Å². The lowest BCUT2D eigenvalue weighted by atomic mass is 10.0. The summed E-state index contributed by atoms with van der Waals surface area (Å²) < 4.78 is 12.9. The Labute approximate surface area is 151 Å². The summed E-state index contributed by atoms with van der Waals surface area (Å²) in [6.07, 6.45) is 3.46. The molecule has 0 radical (unpaired) electrons. The lowest BCUT2D eigenvalue weighted by molar-refractivity contribution is 0.1000. The number of primary amides is 1. The number of benzene rings is 1. The maximum absolute atomic E-state index is 12.1. The van der Waals surface area contributed by atoms with Crippen molar-refractivity contribution in [2.75, 3.05) is 6.79 Å². The van der Waals surface area contributed by atoms with Crippen LogP contribution in [0.25, 0.3) is 11.1 Å². The van der Waals surface area contributed by atoms with E-state index in [9.17, 15) is 4.79 Å². The van der Waals surface area contributed by atoms with E-state index in [1.165, 1.54) is 0 Å². The van der Waals surface area contributed by atoms with Gasteiger partial charge in [-0.1, -0.05) is 12.1 Å². The summed E-state index contributed by atoms with van der Waals surface area (Å²) in [6.45, 7) is 4.76. The summed E-state index contributed by atoms with van der Waals surface area (Å²) in [5.74, 6) is 1.06. The van der Waals surface area contributed by atoms with Gasteiger partial charge in [0, 0.05) is 41.5 Å². The molecule has 0 bridgehead atoms. The number of pyridine rings is 1. The molecular weight excluding hydrogens is 330 g/mol. The van der Waals surface area contributed by atoms with Gasteiger partial charge in [0.15, 0.2) is 11.5 Å². The molecule has 132 valence electrons. The largest absolute Gasteiger partial charge is 0.454 e. The minimum Gasteiger partial charge on any atom is -0.454 e. The Kier molecular flexibility index (Phi) is 3.88. The minimum atomic E-state index is -0.436. The van der Waals surface area contributed by atoms with Gasteiger partial charge in [0.05, 0.1) is 5.56 Å². The molecule has 1 amide bonds. The van der Waals surface area contributed by atoms with Crippen LogP contribution in [0.1, 0.15) is 27.3 Å². The van der Waals surface area contributed by atoms with Gasteiger partial charge in [-0.3, -0.25) is 9.78 Å². The third-order valence-electron chi connectivity index (χ3n) is 4.76. The van der Waals surface area contributed by atoms with E-state index in [-0.39, 0.29) is 6.79 Å². The molecule has 2 aromatic heterocycles. The summed E-state index contributed by atoms with van der Waals surface area (Å²) in [5.41, 5.74) is 10.8. The van der Waals surface area contributed by atoms with Gasteiger partial charge in [-0.05, 0) is 37.6 Å². The normalized spacial score (nSPS) is 12.4. The van der Waals surface area contributed by atoms with Crippen LogP contribution < -0.4 is 15.2 Å². The molecule has 0 unspecified atom stereocenters. The first-order valence-corrected chi connectivity index (χ1v) is 8.34. The van der Waals surface area contributed by atoms with Crippen LogP contribution in [0.5, 0.6) is 11.5 Å². The Hall–Kier alpha value is -3.28. The number of nitrogens with zero attached hydrogens (tertiary/aromatic N) is 2. The molecule has 1 aromatic carbocycles. The predicted molar refractivity (Wildman–Crippen MR) is 97.3 cm³/mol. The van der Waals surface area contributed by atoms with Crippen LogP contribution in [0.2, 0.25) is 0 Å². The number of fused-ring (bicyclic) bond motifs is 1. The summed E-state index contributed by atoms with van der Waals surface area (Å²) in [5, 5.41) is 0. The third-order valence-corrected chi connectivity index (χ3v) is 4.76. The fraction of sp³-hybridized carbons (Fsp3) is 0.200. The fourth-order valence-corrected chi connectivity index (χ4v) is 3.51. The molecule has 0 saturated heterocycles. The van der Waals surface area contributed by atoms with Gasteiger partial charge in [-0.15, -0.1) is 0 Å². The summed E-state index contributed by atoms with van der Waals surface area (Å²) in [7, 11) is 0. The number of rotatable bonds is 4.